The third kappa shape index (κ3) is 3.30. The van der Waals surface area contributed by atoms with Gasteiger partial charge in [-0.25, -0.2) is 0 Å². The van der Waals surface area contributed by atoms with Crippen LogP contribution in [0.3, 0.4) is 0 Å². The van der Waals surface area contributed by atoms with E-state index in [0.29, 0.717) is 16.7 Å². The van der Waals surface area contributed by atoms with Crippen molar-refractivity contribution in [3.63, 3.8) is 0 Å². The standard InChI is InChI=1S/C16H25NS/c1-4-12-17-15-14(10-11-16(15,2)3)18-13-8-6-5-7-9-13/h5-9,14-15,17H,4,10-12H2,1-3H3. The largest absolute Gasteiger partial charge is 0.312 e. The quantitative estimate of drug-likeness (QED) is 0.848. The monoisotopic (exact) mass is 263 g/mol. The third-order valence-corrected chi connectivity index (χ3v) is 5.29. The second kappa shape index (κ2) is 6.12. The highest BCUT2D eigenvalue weighted by atomic mass is 32.2. The Labute approximate surface area is 116 Å². The van der Waals surface area contributed by atoms with E-state index in [1.54, 1.807) is 0 Å². The molecule has 2 unspecified atom stereocenters. The number of hydrogen-bond donors (Lipinski definition) is 1. The number of nitrogens with one attached hydrogen (secondary N) is 1. The fourth-order valence-electron chi connectivity index (χ4n) is 2.85. The van der Waals surface area contributed by atoms with Crippen molar-refractivity contribution in [2.45, 2.75) is 56.2 Å². The minimum absolute atomic E-state index is 0.432. The maximum atomic E-state index is 3.77. The molecule has 18 heavy (non-hydrogen) atoms. The fourth-order valence-corrected chi connectivity index (χ4v) is 4.35. The third-order valence-electron chi connectivity index (χ3n) is 3.93. The lowest BCUT2D eigenvalue weighted by Gasteiger charge is -2.31. The Bertz CT molecular complexity index is 361. The lowest BCUT2D eigenvalue weighted by Crippen LogP contribution is -2.43. The van der Waals surface area contributed by atoms with Gasteiger partial charge in [0.15, 0.2) is 0 Å². The molecule has 0 aromatic heterocycles. The Kier molecular flexibility index (Phi) is 4.74. The number of rotatable bonds is 5. The zero-order chi connectivity index (χ0) is 13.0. The molecular weight excluding hydrogens is 238 g/mol. The Hall–Kier alpha value is -0.470. The van der Waals surface area contributed by atoms with Gasteiger partial charge in [-0.05, 0) is 43.4 Å². The molecule has 0 spiro atoms. The summed E-state index contributed by atoms with van der Waals surface area (Å²) >= 11 is 2.05. The molecule has 1 aromatic rings. The first-order valence-corrected chi connectivity index (χ1v) is 7.96. The molecule has 1 fully saturated rings. The van der Waals surface area contributed by atoms with Crippen molar-refractivity contribution in [2.24, 2.45) is 5.41 Å². The average molecular weight is 263 g/mol. The Morgan fingerprint density at radius 3 is 2.67 bits per heavy atom. The van der Waals surface area contributed by atoms with Crippen molar-refractivity contribution < 1.29 is 0 Å². The molecule has 1 aliphatic carbocycles. The van der Waals surface area contributed by atoms with Crippen LogP contribution in [0.1, 0.15) is 40.0 Å². The molecule has 2 atom stereocenters. The van der Waals surface area contributed by atoms with Crippen molar-refractivity contribution in [1.82, 2.24) is 5.32 Å². The summed E-state index contributed by atoms with van der Waals surface area (Å²) in [6.07, 6.45) is 3.88. The van der Waals surface area contributed by atoms with Gasteiger partial charge in [0.2, 0.25) is 0 Å². The molecule has 2 rings (SSSR count). The molecule has 0 radical (unpaired) electrons. The second-order valence-corrected chi connectivity index (χ2v) is 7.24. The molecule has 0 amide bonds. The van der Waals surface area contributed by atoms with E-state index in [2.05, 4.69) is 56.4 Å². The number of benzene rings is 1. The predicted molar refractivity (Wildman–Crippen MR) is 81.2 cm³/mol. The van der Waals surface area contributed by atoms with Crippen LogP contribution in [0.15, 0.2) is 35.2 Å². The van der Waals surface area contributed by atoms with Crippen molar-refractivity contribution in [3.8, 4) is 0 Å². The topological polar surface area (TPSA) is 12.0 Å². The van der Waals surface area contributed by atoms with E-state index in [1.165, 1.54) is 24.2 Å². The number of hydrogen-bond acceptors (Lipinski definition) is 2. The van der Waals surface area contributed by atoms with Crippen molar-refractivity contribution in [2.75, 3.05) is 6.54 Å². The summed E-state index contributed by atoms with van der Waals surface area (Å²) in [5.74, 6) is 0. The van der Waals surface area contributed by atoms with Gasteiger partial charge in [-0.15, -0.1) is 11.8 Å². The van der Waals surface area contributed by atoms with Crippen LogP contribution in [0.5, 0.6) is 0 Å². The molecule has 0 heterocycles. The molecular formula is C16H25NS. The first-order chi connectivity index (χ1) is 8.63. The average Bonchev–Trinajstić information content (AvgIpc) is 2.64. The first kappa shape index (κ1) is 14.0. The Morgan fingerprint density at radius 2 is 2.00 bits per heavy atom. The summed E-state index contributed by atoms with van der Waals surface area (Å²) in [6.45, 7) is 8.20. The lowest BCUT2D eigenvalue weighted by atomic mass is 9.87. The van der Waals surface area contributed by atoms with Gasteiger partial charge in [-0.1, -0.05) is 39.0 Å². The van der Waals surface area contributed by atoms with E-state index in [4.69, 9.17) is 0 Å². The SMILES string of the molecule is CCCNC1C(Sc2ccccc2)CCC1(C)C. The zero-order valence-electron chi connectivity index (χ0n) is 11.8. The number of thioether (sulfide) groups is 1. The summed E-state index contributed by atoms with van der Waals surface area (Å²) in [5.41, 5.74) is 0.432. The molecule has 1 saturated carbocycles. The summed E-state index contributed by atoms with van der Waals surface area (Å²) in [5, 5.41) is 4.49. The van der Waals surface area contributed by atoms with E-state index < -0.39 is 0 Å². The van der Waals surface area contributed by atoms with E-state index in [1.807, 2.05) is 11.8 Å². The summed E-state index contributed by atoms with van der Waals surface area (Å²) in [6, 6.07) is 11.5. The van der Waals surface area contributed by atoms with Crippen LogP contribution in [0.2, 0.25) is 0 Å². The van der Waals surface area contributed by atoms with E-state index >= 15 is 0 Å². The molecule has 1 N–H and O–H groups in total. The van der Waals surface area contributed by atoms with Crippen molar-refractivity contribution in [3.05, 3.63) is 30.3 Å². The highest BCUT2D eigenvalue weighted by molar-refractivity contribution is 8.00. The second-order valence-electron chi connectivity index (χ2n) is 5.93. The van der Waals surface area contributed by atoms with Crippen molar-refractivity contribution in [1.29, 1.82) is 0 Å². The molecule has 0 aliphatic heterocycles. The van der Waals surface area contributed by atoms with Crippen LogP contribution in [0.25, 0.3) is 0 Å². The smallest absolute Gasteiger partial charge is 0.0253 e. The van der Waals surface area contributed by atoms with Crippen molar-refractivity contribution >= 4 is 11.8 Å². The minimum atomic E-state index is 0.432. The van der Waals surface area contributed by atoms with Crippen LogP contribution < -0.4 is 5.32 Å². The molecule has 1 nitrogen and oxygen atoms in total. The van der Waals surface area contributed by atoms with E-state index in [-0.39, 0.29) is 0 Å². The molecule has 1 aromatic carbocycles. The van der Waals surface area contributed by atoms with Crippen LogP contribution >= 0.6 is 11.8 Å². The summed E-state index contributed by atoms with van der Waals surface area (Å²) in [4.78, 5) is 1.41. The van der Waals surface area contributed by atoms with Gasteiger partial charge in [0.05, 0.1) is 0 Å². The molecule has 0 saturated heterocycles. The summed E-state index contributed by atoms with van der Waals surface area (Å²) < 4.78 is 0. The first-order valence-electron chi connectivity index (χ1n) is 7.08. The highest BCUT2D eigenvalue weighted by Gasteiger charge is 2.41. The minimum Gasteiger partial charge on any atom is -0.312 e. The van der Waals surface area contributed by atoms with Crippen LogP contribution in [-0.4, -0.2) is 17.8 Å². The van der Waals surface area contributed by atoms with Crippen LogP contribution in [0.4, 0.5) is 0 Å². The Balaban J connectivity index is 2.03. The zero-order valence-corrected chi connectivity index (χ0v) is 12.6. The van der Waals surface area contributed by atoms with Gasteiger partial charge < -0.3 is 5.32 Å². The normalized spacial score (nSPS) is 26.4. The van der Waals surface area contributed by atoms with E-state index in [9.17, 15) is 0 Å². The van der Waals surface area contributed by atoms with Crippen LogP contribution in [0, 0.1) is 5.41 Å². The predicted octanol–water partition coefficient (Wildman–Crippen LogP) is 4.34. The lowest BCUT2D eigenvalue weighted by molar-refractivity contribution is 0.287. The fraction of sp³-hybridized carbons (Fsp3) is 0.625. The Morgan fingerprint density at radius 1 is 1.28 bits per heavy atom. The molecule has 0 bridgehead atoms. The van der Waals surface area contributed by atoms with Gasteiger partial charge in [0, 0.05) is 16.2 Å². The molecule has 1 aliphatic rings. The molecule has 2 heteroatoms. The van der Waals surface area contributed by atoms with E-state index in [0.717, 1.165) is 6.54 Å². The van der Waals surface area contributed by atoms with Gasteiger partial charge in [-0.3, -0.25) is 0 Å². The molecule has 100 valence electrons. The maximum absolute atomic E-state index is 3.77. The van der Waals surface area contributed by atoms with Gasteiger partial charge in [0.1, 0.15) is 0 Å². The van der Waals surface area contributed by atoms with Gasteiger partial charge in [-0.2, -0.15) is 0 Å². The highest BCUT2D eigenvalue weighted by Crippen LogP contribution is 2.44. The van der Waals surface area contributed by atoms with Gasteiger partial charge >= 0.3 is 0 Å². The summed E-state index contributed by atoms with van der Waals surface area (Å²) in [7, 11) is 0. The maximum Gasteiger partial charge on any atom is 0.0253 e. The van der Waals surface area contributed by atoms with Crippen LogP contribution in [-0.2, 0) is 0 Å². The van der Waals surface area contributed by atoms with Gasteiger partial charge in [0.25, 0.3) is 0 Å².